The molecular weight excluding hydrogens is 654 g/mol. The van der Waals surface area contributed by atoms with Crippen LogP contribution in [0.3, 0.4) is 0 Å². The maximum atomic E-state index is 17.4. The van der Waals surface area contributed by atoms with Crippen LogP contribution in [0.5, 0.6) is 6.01 Å². The zero-order chi connectivity index (χ0) is 34.0. The molecular formula is C34H38F2N8O4S. The number of nitriles is 1. The number of aliphatic hydroxyl groups excluding tert-OH is 1. The normalized spacial score (nSPS) is 22.5. The Morgan fingerprint density at radius 1 is 1.06 bits per heavy atom. The van der Waals surface area contributed by atoms with Crippen molar-refractivity contribution in [2.75, 3.05) is 63.1 Å². The van der Waals surface area contributed by atoms with E-state index in [4.69, 9.17) is 29.9 Å². The Morgan fingerprint density at radius 2 is 1.80 bits per heavy atom. The molecule has 2 unspecified atom stereocenters. The van der Waals surface area contributed by atoms with E-state index in [9.17, 15) is 10.4 Å². The number of thiophene rings is 1. The Kier molecular flexibility index (Phi) is 8.49. The number of hydrogen-bond acceptors (Lipinski definition) is 13. The largest absolute Gasteiger partial charge is 0.459 e. The number of likely N-dealkylation sites (tertiary alicyclic amines) is 1. The van der Waals surface area contributed by atoms with E-state index in [1.807, 2.05) is 6.92 Å². The molecule has 4 aromatic rings. The summed E-state index contributed by atoms with van der Waals surface area (Å²) in [7, 11) is 0. The first-order valence-electron chi connectivity index (χ1n) is 16.8. The van der Waals surface area contributed by atoms with Gasteiger partial charge in [-0.2, -0.15) is 15.2 Å². The van der Waals surface area contributed by atoms with Gasteiger partial charge in [0.1, 0.15) is 28.5 Å². The van der Waals surface area contributed by atoms with Crippen LogP contribution in [0.4, 0.5) is 19.6 Å². The number of pyridine rings is 1. The van der Waals surface area contributed by atoms with Gasteiger partial charge in [-0.3, -0.25) is 14.8 Å². The maximum absolute atomic E-state index is 17.4. The molecule has 4 aliphatic rings. The van der Waals surface area contributed by atoms with Gasteiger partial charge in [0, 0.05) is 62.3 Å². The minimum Gasteiger partial charge on any atom is -0.459 e. The van der Waals surface area contributed by atoms with Crippen LogP contribution in [-0.4, -0.2) is 107 Å². The second-order valence-electron chi connectivity index (χ2n) is 13.5. The second-order valence-corrected chi connectivity index (χ2v) is 14.6. The number of ether oxygens (including phenoxy) is 3. The van der Waals surface area contributed by atoms with Crippen LogP contribution in [0.1, 0.15) is 43.4 Å². The zero-order valence-electron chi connectivity index (χ0n) is 27.4. The molecule has 258 valence electrons. The Labute approximate surface area is 286 Å². The van der Waals surface area contributed by atoms with Gasteiger partial charge in [0.2, 0.25) is 0 Å². The maximum Gasteiger partial charge on any atom is 0.319 e. The molecule has 15 heteroatoms. The number of nitrogens with zero attached hydrogens (tertiary/aromatic N) is 7. The van der Waals surface area contributed by atoms with Gasteiger partial charge >= 0.3 is 6.01 Å². The number of fused-ring (bicyclic) bond motifs is 6. The summed E-state index contributed by atoms with van der Waals surface area (Å²) < 4.78 is 50.4. The first-order valence-corrected chi connectivity index (χ1v) is 17.6. The highest BCUT2D eigenvalue weighted by atomic mass is 32.1. The van der Waals surface area contributed by atoms with Crippen LogP contribution in [0.15, 0.2) is 6.20 Å². The number of β-amino-alcohol motifs (C(OH)–C–C–N with tert-alkyl or cyclic N) is 1. The molecule has 4 atom stereocenters. The van der Waals surface area contributed by atoms with Gasteiger partial charge in [0.25, 0.3) is 0 Å². The summed E-state index contributed by atoms with van der Waals surface area (Å²) in [6, 6.07) is 2.33. The number of piperazine rings is 1. The molecule has 3 N–H and O–H groups in total. The van der Waals surface area contributed by atoms with E-state index in [2.05, 4.69) is 25.8 Å². The fraction of sp³-hybridized carbons (Fsp3) is 0.529. The molecule has 0 amide bonds. The fourth-order valence-electron chi connectivity index (χ4n) is 8.09. The molecule has 3 saturated heterocycles. The third-order valence-electron chi connectivity index (χ3n) is 10.1. The summed E-state index contributed by atoms with van der Waals surface area (Å²) in [6.07, 6.45) is 2.16. The van der Waals surface area contributed by atoms with Gasteiger partial charge in [-0.15, -0.1) is 11.3 Å². The highest BCUT2D eigenvalue weighted by Gasteiger charge is 2.43. The van der Waals surface area contributed by atoms with E-state index >= 15 is 8.78 Å². The molecule has 4 aliphatic heterocycles. The van der Waals surface area contributed by atoms with E-state index < -0.39 is 17.7 Å². The smallest absolute Gasteiger partial charge is 0.319 e. The van der Waals surface area contributed by atoms with E-state index in [1.165, 1.54) is 0 Å². The number of nitrogen functional groups attached to an aromatic ring is 1. The molecule has 0 aliphatic carbocycles. The highest BCUT2D eigenvalue weighted by molar-refractivity contribution is 7.23. The number of halogens is 2. The number of rotatable bonds is 8. The average molecular weight is 693 g/mol. The number of benzene rings is 1. The lowest BCUT2D eigenvalue weighted by molar-refractivity contribution is 0.0207. The molecule has 1 aromatic carbocycles. The Morgan fingerprint density at radius 3 is 2.51 bits per heavy atom. The number of nitrogens with two attached hydrogens (primary N) is 1. The van der Waals surface area contributed by atoms with Gasteiger partial charge in [-0.1, -0.05) is 0 Å². The molecule has 3 aromatic heterocycles. The SMILES string of the molecule is C[C@@H](O)CN1CC2CCC(C1)N2c1nc(O[C@@H](C)CN2CCOCC2)nc2c(F)c(-c3ncc(F)c4sc(N)c(C#N)c34)c3c(c12)COC3. The number of hydrogen-bond donors (Lipinski definition) is 2. The van der Waals surface area contributed by atoms with Crippen molar-refractivity contribution in [3.05, 3.63) is 34.5 Å². The minimum atomic E-state index is -0.664. The number of aromatic nitrogens is 3. The Balaban J connectivity index is 1.31. The van der Waals surface area contributed by atoms with Gasteiger partial charge in [0.05, 0.1) is 60.1 Å². The van der Waals surface area contributed by atoms with Crippen molar-refractivity contribution < 1.29 is 28.1 Å². The lowest BCUT2D eigenvalue weighted by atomic mass is 9.93. The Bertz CT molecular complexity index is 1970. The van der Waals surface area contributed by atoms with Crippen LogP contribution in [-0.2, 0) is 22.7 Å². The molecule has 2 bridgehead atoms. The predicted octanol–water partition coefficient (Wildman–Crippen LogP) is 3.80. The zero-order valence-corrected chi connectivity index (χ0v) is 28.2. The molecule has 0 spiro atoms. The topological polar surface area (TPSA) is 146 Å². The van der Waals surface area contributed by atoms with Crippen molar-refractivity contribution in [3.8, 4) is 23.3 Å². The van der Waals surface area contributed by atoms with Gasteiger partial charge in [-0.05, 0) is 37.8 Å². The van der Waals surface area contributed by atoms with Crippen LogP contribution in [0.25, 0.3) is 32.2 Å². The van der Waals surface area contributed by atoms with E-state index in [-0.39, 0.29) is 74.8 Å². The van der Waals surface area contributed by atoms with Crippen LogP contribution >= 0.6 is 11.3 Å². The van der Waals surface area contributed by atoms with Crippen LogP contribution in [0, 0.1) is 23.0 Å². The molecule has 0 radical (unpaired) electrons. The summed E-state index contributed by atoms with van der Waals surface area (Å²) in [5.41, 5.74) is 7.80. The van der Waals surface area contributed by atoms with E-state index in [0.29, 0.717) is 43.1 Å². The van der Waals surface area contributed by atoms with E-state index in [0.717, 1.165) is 62.1 Å². The van der Waals surface area contributed by atoms with Gasteiger partial charge < -0.3 is 30.0 Å². The van der Waals surface area contributed by atoms with Crippen molar-refractivity contribution in [3.63, 3.8) is 0 Å². The first kappa shape index (κ1) is 32.4. The lowest BCUT2D eigenvalue weighted by Gasteiger charge is -2.42. The van der Waals surface area contributed by atoms with Crippen molar-refractivity contribution in [1.82, 2.24) is 24.8 Å². The third-order valence-corrected chi connectivity index (χ3v) is 11.1. The second kappa shape index (κ2) is 12.8. The third kappa shape index (κ3) is 5.64. The summed E-state index contributed by atoms with van der Waals surface area (Å²) in [4.78, 5) is 21.0. The van der Waals surface area contributed by atoms with Gasteiger partial charge in [0.15, 0.2) is 11.6 Å². The van der Waals surface area contributed by atoms with Crippen LogP contribution < -0.4 is 15.4 Å². The van der Waals surface area contributed by atoms with Crippen molar-refractivity contribution in [1.29, 1.82) is 5.26 Å². The Hall–Kier alpha value is -3.78. The monoisotopic (exact) mass is 692 g/mol. The van der Waals surface area contributed by atoms with Crippen molar-refractivity contribution >= 4 is 43.1 Å². The fourth-order valence-corrected chi connectivity index (χ4v) is 9.01. The molecule has 49 heavy (non-hydrogen) atoms. The van der Waals surface area contributed by atoms with Crippen molar-refractivity contribution in [2.45, 2.75) is 64.2 Å². The minimum absolute atomic E-state index is 0.0598. The molecule has 7 heterocycles. The number of aliphatic hydroxyl groups is 1. The lowest BCUT2D eigenvalue weighted by Crippen LogP contribution is -2.55. The standard InChI is InChI=1S/C34H38F2N8O4S/c1-17(45)11-43-13-19-3-4-20(14-43)44(19)33-27-23-16-47-15-22(23)25(29-26-21(9-37)32(38)49-31(26)24(35)10-39-29)28(36)30(27)40-34(41-33)48-18(2)12-42-5-7-46-8-6-42/h10,17-20,45H,3-8,11-16,38H2,1-2H3/t17-,18+,19?,20?/m1/s1. The summed E-state index contributed by atoms with van der Waals surface area (Å²) >= 11 is 0.940. The van der Waals surface area contributed by atoms with Crippen molar-refractivity contribution in [2.24, 2.45) is 0 Å². The quantitative estimate of drug-likeness (QED) is 0.277. The van der Waals surface area contributed by atoms with E-state index in [1.54, 1.807) is 6.92 Å². The average Bonchev–Trinajstić information content (AvgIpc) is 3.76. The number of morpholine rings is 1. The summed E-state index contributed by atoms with van der Waals surface area (Å²) in [6.45, 7) is 9.62. The van der Waals surface area contributed by atoms with Gasteiger partial charge in [-0.25, -0.2) is 8.78 Å². The molecule has 12 nitrogen and oxygen atoms in total. The number of anilines is 2. The summed E-state index contributed by atoms with van der Waals surface area (Å²) in [5.74, 6) is -0.696. The van der Waals surface area contributed by atoms with Crippen LogP contribution in [0.2, 0.25) is 0 Å². The molecule has 8 rings (SSSR count). The first-order chi connectivity index (χ1) is 23.7. The highest BCUT2D eigenvalue weighted by Crippen LogP contribution is 2.48. The molecule has 3 fully saturated rings. The molecule has 0 saturated carbocycles. The predicted molar refractivity (Wildman–Crippen MR) is 180 cm³/mol. The summed E-state index contributed by atoms with van der Waals surface area (Å²) in [5, 5.41) is 21.0.